The number of aliphatic hydroxyl groups is 1. The van der Waals surface area contributed by atoms with E-state index in [2.05, 4.69) is 0 Å². The van der Waals surface area contributed by atoms with Crippen LogP contribution in [0.25, 0.3) is 0 Å². The minimum atomic E-state index is -0.775. The van der Waals surface area contributed by atoms with Gasteiger partial charge in [0, 0.05) is 13.1 Å². The van der Waals surface area contributed by atoms with E-state index in [1.807, 2.05) is 29.2 Å². The molecule has 18 heavy (non-hydrogen) atoms. The van der Waals surface area contributed by atoms with Crippen molar-refractivity contribution in [3.05, 3.63) is 35.4 Å². The highest BCUT2D eigenvalue weighted by atomic mass is 16.4. The lowest BCUT2D eigenvalue weighted by Crippen LogP contribution is -2.31. The molecule has 0 radical (unpaired) electrons. The first-order valence-electron chi connectivity index (χ1n) is 6.30. The fourth-order valence-corrected chi connectivity index (χ4v) is 2.05. The van der Waals surface area contributed by atoms with Crippen LogP contribution in [-0.2, 0) is 17.9 Å². The number of carboxylic acids is 1. The summed E-state index contributed by atoms with van der Waals surface area (Å²) in [6.07, 6.45) is 2.44. The summed E-state index contributed by atoms with van der Waals surface area (Å²) in [5.41, 5.74) is 1.97. The molecule has 0 spiro atoms. The molecule has 0 atom stereocenters. The Morgan fingerprint density at radius 3 is 2.33 bits per heavy atom. The van der Waals surface area contributed by atoms with Gasteiger partial charge in [-0.15, -0.1) is 0 Å². The molecule has 1 saturated carbocycles. The van der Waals surface area contributed by atoms with Gasteiger partial charge >= 0.3 is 5.97 Å². The molecular weight excluding hydrogens is 230 g/mol. The number of aliphatic hydroxyl groups excluding tert-OH is 1. The topological polar surface area (TPSA) is 60.8 Å². The Morgan fingerprint density at radius 1 is 1.22 bits per heavy atom. The zero-order valence-corrected chi connectivity index (χ0v) is 10.4. The van der Waals surface area contributed by atoms with Crippen molar-refractivity contribution >= 4 is 5.97 Å². The molecule has 2 rings (SSSR count). The second-order valence-corrected chi connectivity index (χ2v) is 4.98. The second-order valence-electron chi connectivity index (χ2n) is 4.98. The Bertz CT molecular complexity index is 398. The molecule has 0 saturated heterocycles. The zero-order valence-electron chi connectivity index (χ0n) is 10.4. The van der Waals surface area contributed by atoms with Crippen molar-refractivity contribution in [2.75, 3.05) is 13.1 Å². The molecule has 1 fully saturated rings. The van der Waals surface area contributed by atoms with Crippen molar-refractivity contribution in [2.45, 2.75) is 26.0 Å². The van der Waals surface area contributed by atoms with Gasteiger partial charge in [-0.05, 0) is 29.9 Å². The number of aliphatic carboxylic acids is 1. The standard InChI is InChI=1S/C14H19NO3/c16-10-13-5-3-12(4-6-13)8-15(9-14(17)18)7-11-1-2-11/h3-6,11,16H,1-2,7-10H2,(H,17,18). The van der Waals surface area contributed by atoms with Crippen LogP contribution in [0.5, 0.6) is 0 Å². The summed E-state index contributed by atoms with van der Waals surface area (Å²) in [6.45, 7) is 1.67. The highest BCUT2D eigenvalue weighted by Crippen LogP contribution is 2.30. The first kappa shape index (κ1) is 13.1. The average Bonchev–Trinajstić information content (AvgIpc) is 3.13. The fraction of sp³-hybridized carbons (Fsp3) is 0.500. The molecule has 0 heterocycles. The Labute approximate surface area is 107 Å². The molecule has 98 valence electrons. The first-order valence-corrected chi connectivity index (χ1v) is 6.30. The number of hydrogen-bond acceptors (Lipinski definition) is 3. The number of nitrogens with zero attached hydrogens (tertiary/aromatic N) is 1. The molecule has 4 heteroatoms. The molecule has 0 amide bonds. The summed E-state index contributed by atoms with van der Waals surface area (Å²) in [6, 6.07) is 7.66. The third-order valence-corrected chi connectivity index (χ3v) is 3.18. The van der Waals surface area contributed by atoms with Crippen molar-refractivity contribution in [2.24, 2.45) is 5.92 Å². The maximum atomic E-state index is 10.8. The first-order chi connectivity index (χ1) is 8.67. The minimum absolute atomic E-state index is 0.0429. The molecule has 1 aliphatic rings. The summed E-state index contributed by atoms with van der Waals surface area (Å²) in [5, 5.41) is 17.9. The van der Waals surface area contributed by atoms with E-state index in [-0.39, 0.29) is 13.2 Å². The molecule has 0 bridgehead atoms. The van der Waals surface area contributed by atoms with Crippen molar-refractivity contribution in [1.82, 2.24) is 4.90 Å². The molecule has 0 unspecified atom stereocenters. The maximum Gasteiger partial charge on any atom is 0.317 e. The van der Waals surface area contributed by atoms with Gasteiger partial charge in [0.05, 0.1) is 13.2 Å². The fourth-order valence-electron chi connectivity index (χ4n) is 2.05. The summed E-state index contributed by atoms with van der Waals surface area (Å²) < 4.78 is 0. The smallest absolute Gasteiger partial charge is 0.317 e. The lowest BCUT2D eigenvalue weighted by atomic mass is 10.1. The molecule has 2 N–H and O–H groups in total. The van der Waals surface area contributed by atoms with Crippen molar-refractivity contribution in [1.29, 1.82) is 0 Å². The average molecular weight is 249 g/mol. The number of carboxylic acid groups (broad SMARTS) is 1. The van der Waals surface area contributed by atoms with Crippen LogP contribution in [0.3, 0.4) is 0 Å². The predicted octanol–water partition coefficient (Wildman–Crippen LogP) is 1.48. The number of hydrogen-bond donors (Lipinski definition) is 2. The van der Waals surface area contributed by atoms with Gasteiger partial charge in [0.2, 0.25) is 0 Å². The molecule has 1 aromatic rings. The molecule has 4 nitrogen and oxygen atoms in total. The summed E-state index contributed by atoms with van der Waals surface area (Å²) >= 11 is 0. The SMILES string of the molecule is O=C(O)CN(Cc1ccc(CO)cc1)CC1CC1. The Kier molecular flexibility index (Phi) is 4.33. The molecule has 1 aliphatic carbocycles. The highest BCUT2D eigenvalue weighted by Gasteiger charge is 2.25. The molecule has 0 aliphatic heterocycles. The van der Waals surface area contributed by atoms with Crippen LogP contribution in [0.15, 0.2) is 24.3 Å². The van der Waals surface area contributed by atoms with Crippen LogP contribution < -0.4 is 0 Å². The van der Waals surface area contributed by atoms with Gasteiger partial charge in [-0.1, -0.05) is 24.3 Å². The van der Waals surface area contributed by atoms with Crippen molar-refractivity contribution < 1.29 is 15.0 Å². The van der Waals surface area contributed by atoms with Crippen molar-refractivity contribution in [3.8, 4) is 0 Å². The van der Waals surface area contributed by atoms with Crippen LogP contribution in [0.4, 0.5) is 0 Å². The number of carbonyl (C=O) groups is 1. The second kappa shape index (κ2) is 5.98. The third kappa shape index (κ3) is 4.13. The van der Waals surface area contributed by atoms with Gasteiger partial charge in [0.15, 0.2) is 0 Å². The van der Waals surface area contributed by atoms with Gasteiger partial charge in [-0.2, -0.15) is 0 Å². The van der Waals surface area contributed by atoms with Gasteiger partial charge in [0.1, 0.15) is 0 Å². The van der Waals surface area contributed by atoms with Crippen LogP contribution >= 0.6 is 0 Å². The Hall–Kier alpha value is -1.39. The van der Waals surface area contributed by atoms with Gasteiger partial charge in [-0.25, -0.2) is 0 Å². The Morgan fingerprint density at radius 2 is 1.83 bits per heavy atom. The van der Waals surface area contributed by atoms with E-state index in [1.54, 1.807) is 0 Å². The van der Waals surface area contributed by atoms with E-state index >= 15 is 0 Å². The van der Waals surface area contributed by atoms with Crippen LogP contribution in [0.1, 0.15) is 24.0 Å². The van der Waals surface area contributed by atoms with E-state index in [1.165, 1.54) is 12.8 Å². The highest BCUT2D eigenvalue weighted by molar-refractivity contribution is 5.69. The van der Waals surface area contributed by atoms with Gasteiger partial charge in [-0.3, -0.25) is 9.69 Å². The maximum absolute atomic E-state index is 10.8. The number of benzene rings is 1. The molecule has 0 aromatic heterocycles. The number of rotatable bonds is 7. The zero-order chi connectivity index (χ0) is 13.0. The predicted molar refractivity (Wildman–Crippen MR) is 68.0 cm³/mol. The van der Waals surface area contributed by atoms with Gasteiger partial charge in [0.25, 0.3) is 0 Å². The van der Waals surface area contributed by atoms with E-state index in [4.69, 9.17) is 10.2 Å². The van der Waals surface area contributed by atoms with E-state index in [0.717, 1.165) is 17.7 Å². The van der Waals surface area contributed by atoms with Crippen LogP contribution in [0.2, 0.25) is 0 Å². The van der Waals surface area contributed by atoms with Crippen molar-refractivity contribution in [3.63, 3.8) is 0 Å². The largest absolute Gasteiger partial charge is 0.480 e. The third-order valence-electron chi connectivity index (χ3n) is 3.18. The molecule has 1 aromatic carbocycles. The summed E-state index contributed by atoms with van der Waals surface area (Å²) in [7, 11) is 0. The van der Waals surface area contributed by atoms with Gasteiger partial charge < -0.3 is 10.2 Å². The molecular formula is C14H19NO3. The Balaban J connectivity index is 1.94. The summed E-state index contributed by atoms with van der Waals surface area (Å²) in [5.74, 6) is -0.0938. The lowest BCUT2D eigenvalue weighted by Gasteiger charge is -2.20. The van der Waals surface area contributed by atoms with E-state index in [9.17, 15) is 4.79 Å². The van der Waals surface area contributed by atoms with Crippen LogP contribution in [-0.4, -0.2) is 34.2 Å². The normalized spacial score (nSPS) is 15.0. The minimum Gasteiger partial charge on any atom is -0.480 e. The lowest BCUT2D eigenvalue weighted by molar-refractivity contribution is -0.138. The van der Waals surface area contributed by atoms with E-state index in [0.29, 0.717) is 12.5 Å². The monoisotopic (exact) mass is 249 g/mol. The quantitative estimate of drug-likeness (QED) is 0.768. The van der Waals surface area contributed by atoms with Crippen LogP contribution in [0, 0.1) is 5.92 Å². The summed E-state index contributed by atoms with van der Waals surface area (Å²) in [4.78, 5) is 12.8. The van der Waals surface area contributed by atoms with E-state index < -0.39 is 5.97 Å².